The third kappa shape index (κ3) is 2.65. The van der Waals surface area contributed by atoms with Crippen molar-refractivity contribution < 1.29 is 4.79 Å². The van der Waals surface area contributed by atoms with Gasteiger partial charge in [-0.1, -0.05) is 35.3 Å². The van der Waals surface area contributed by atoms with E-state index in [1.165, 1.54) is 10.4 Å². The lowest BCUT2D eigenvalue weighted by molar-refractivity contribution is -0.120. The molecule has 20 heavy (non-hydrogen) atoms. The van der Waals surface area contributed by atoms with Crippen LogP contribution in [0.3, 0.4) is 0 Å². The van der Waals surface area contributed by atoms with E-state index in [0.29, 0.717) is 16.5 Å². The molecule has 0 fully saturated rings. The number of benzene rings is 1. The largest absolute Gasteiger partial charge is 0.299 e. The van der Waals surface area contributed by atoms with Crippen LogP contribution in [0.15, 0.2) is 29.6 Å². The molecule has 104 valence electrons. The average Bonchev–Trinajstić information content (AvgIpc) is 2.92. The van der Waals surface area contributed by atoms with Gasteiger partial charge in [-0.05, 0) is 47.9 Å². The number of ketones is 1. The van der Waals surface area contributed by atoms with E-state index in [1.54, 1.807) is 17.4 Å². The number of aryl methyl sites for hydroxylation is 1. The molecule has 4 heteroatoms. The predicted octanol–water partition coefficient (Wildman–Crippen LogP) is 5.29. The van der Waals surface area contributed by atoms with Crippen LogP contribution in [0.4, 0.5) is 0 Å². The Bertz CT molecular complexity index is 648. The molecule has 1 heterocycles. The van der Waals surface area contributed by atoms with E-state index >= 15 is 0 Å². The Kier molecular flexibility index (Phi) is 4.16. The molecule has 0 saturated carbocycles. The first kappa shape index (κ1) is 14.1. The third-order valence-corrected chi connectivity index (χ3v) is 5.69. The highest BCUT2D eigenvalue weighted by Crippen LogP contribution is 2.36. The van der Waals surface area contributed by atoms with E-state index in [1.807, 2.05) is 12.1 Å². The number of halogens is 2. The summed E-state index contributed by atoms with van der Waals surface area (Å²) < 4.78 is 0. The van der Waals surface area contributed by atoms with Crippen LogP contribution >= 0.6 is 34.5 Å². The predicted molar refractivity (Wildman–Crippen MR) is 85.2 cm³/mol. The van der Waals surface area contributed by atoms with E-state index in [0.717, 1.165) is 24.8 Å². The lowest BCUT2D eigenvalue weighted by Gasteiger charge is -2.21. The van der Waals surface area contributed by atoms with Crippen molar-refractivity contribution in [2.45, 2.75) is 31.6 Å². The van der Waals surface area contributed by atoms with Gasteiger partial charge in [-0.2, -0.15) is 0 Å². The maximum atomic E-state index is 12.6. The van der Waals surface area contributed by atoms with Crippen LogP contribution in [-0.4, -0.2) is 5.78 Å². The summed E-state index contributed by atoms with van der Waals surface area (Å²) in [6.07, 6.45) is 3.50. The molecule has 1 atom stereocenters. The Morgan fingerprint density at radius 2 is 2.15 bits per heavy atom. The lowest BCUT2D eigenvalue weighted by atomic mass is 9.83. The smallest absolute Gasteiger partial charge is 0.144 e. The highest BCUT2D eigenvalue weighted by Gasteiger charge is 2.27. The zero-order chi connectivity index (χ0) is 14.1. The van der Waals surface area contributed by atoms with Crippen LogP contribution in [0, 0.1) is 0 Å². The van der Waals surface area contributed by atoms with E-state index < -0.39 is 0 Å². The van der Waals surface area contributed by atoms with Crippen molar-refractivity contribution in [2.24, 2.45) is 0 Å². The minimum absolute atomic E-state index is 0.0278. The molecule has 0 bridgehead atoms. The van der Waals surface area contributed by atoms with Crippen molar-refractivity contribution in [1.82, 2.24) is 0 Å². The van der Waals surface area contributed by atoms with Gasteiger partial charge in [-0.25, -0.2) is 0 Å². The number of carbonyl (C=O) groups excluding carboxylic acids is 1. The number of hydrogen-bond donors (Lipinski definition) is 0. The van der Waals surface area contributed by atoms with E-state index in [9.17, 15) is 4.79 Å². The molecule has 1 unspecified atom stereocenters. The van der Waals surface area contributed by atoms with Crippen molar-refractivity contribution in [2.75, 3.05) is 0 Å². The number of carbonyl (C=O) groups is 1. The highest BCUT2D eigenvalue weighted by molar-refractivity contribution is 7.10. The quantitative estimate of drug-likeness (QED) is 0.750. The van der Waals surface area contributed by atoms with E-state index in [-0.39, 0.29) is 11.7 Å². The van der Waals surface area contributed by atoms with Crippen molar-refractivity contribution in [3.05, 3.63) is 55.7 Å². The van der Waals surface area contributed by atoms with Gasteiger partial charge in [0.25, 0.3) is 0 Å². The molecule has 1 aliphatic carbocycles. The Balaban J connectivity index is 1.83. The molecule has 0 aliphatic heterocycles. The van der Waals surface area contributed by atoms with Gasteiger partial charge in [0, 0.05) is 17.2 Å². The maximum absolute atomic E-state index is 12.6. The van der Waals surface area contributed by atoms with Crippen molar-refractivity contribution >= 4 is 40.3 Å². The highest BCUT2D eigenvalue weighted by atomic mass is 35.5. The number of thiophene rings is 1. The Hall–Kier alpha value is -0.830. The molecular weight excluding hydrogens is 311 g/mol. The number of hydrogen-bond acceptors (Lipinski definition) is 2. The second-order valence-electron chi connectivity index (χ2n) is 5.10. The van der Waals surface area contributed by atoms with Crippen LogP contribution in [0.1, 0.15) is 34.8 Å². The fourth-order valence-electron chi connectivity index (χ4n) is 2.82. The van der Waals surface area contributed by atoms with E-state index in [2.05, 4.69) is 11.4 Å². The summed E-state index contributed by atoms with van der Waals surface area (Å²) in [7, 11) is 0. The second kappa shape index (κ2) is 5.88. The standard InChI is InChI=1S/C16H14Cl2OS/c17-13-5-1-3-10(16(13)18)9-14(19)11-4-2-6-15-12(11)7-8-20-15/h1,3,5,7-8,11H,2,4,6,9H2. The molecule has 2 aromatic rings. The minimum atomic E-state index is 0.0278. The number of fused-ring (bicyclic) bond motifs is 1. The zero-order valence-electron chi connectivity index (χ0n) is 10.9. The molecule has 0 saturated heterocycles. The first-order valence-electron chi connectivity index (χ1n) is 6.68. The first-order chi connectivity index (χ1) is 9.66. The lowest BCUT2D eigenvalue weighted by Crippen LogP contribution is -2.19. The molecule has 1 aromatic heterocycles. The topological polar surface area (TPSA) is 17.1 Å². The van der Waals surface area contributed by atoms with Crippen molar-refractivity contribution in [1.29, 1.82) is 0 Å². The second-order valence-corrected chi connectivity index (χ2v) is 6.89. The summed E-state index contributed by atoms with van der Waals surface area (Å²) in [5, 5.41) is 3.10. The van der Waals surface area contributed by atoms with Gasteiger partial charge in [-0.15, -0.1) is 11.3 Å². The molecule has 0 N–H and O–H groups in total. The SMILES string of the molecule is O=C(Cc1cccc(Cl)c1Cl)C1CCCc2sccc21. The third-order valence-electron chi connectivity index (χ3n) is 3.84. The van der Waals surface area contributed by atoms with Gasteiger partial charge in [0.05, 0.1) is 10.0 Å². The van der Waals surface area contributed by atoms with Crippen LogP contribution in [0.25, 0.3) is 0 Å². The molecule has 3 rings (SSSR count). The number of Topliss-reactive ketones (excluding diaryl/α,β-unsaturated/α-hetero) is 1. The molecule has 1 aromatic carbocycles. The van der Waals surface area contributed by atoms with Crippen LogP contribution in [0.5, 0.6) is 0 Å². The van der Waals surface area contributed by atoms with Crippen LogP contribution in [-0.2, 0) is 17.6 Å². The number of rotatable bonds is 3. The zero-order valence-corrected chi connectivity index (χ0v) is 13.2. The van der Waals surface area contributed by atoms with Crippen molar-refractivity contribution in [3.63, 3.8) is 0 Å². The summed E-state index contributed by atoms with van der Waals surface area (Å²) in [5.41, 5.74) is 2.05. The summed E-state index contributed by atoms with van der Waals surface area (Å²) >= 11 is 13.9. The molecule has 0 amide bonds. The molecular formula is C16H14Cl2OS. The fourth-order valence-corrected chi connectivity index (χ4v) is 4.19. The fraction of sp³-hybridized carbons (Fsp3) is 0.312. The Morgan fingerprint density at radius 1 is 1.30 bits per heavy atom. The maximum Gasteiger partial charge on any atom is 0.144 e. The Morgan fingerprint density at radius 3 is 3.00 bits per heavy atom. The van der Waals surface area contributed by atoms with Crippen LogP contribution in [0.2, 0.25) is 10.0 Å². The average molecular weight is 325 g/mol. The van der Waals surface area contributed by atoms with Gasteiger partial charge in [0.2, 0.25) is 0 Å². The molecule has 0 spiro atoms. The van der Waals surface area contributed by atoms with Gasteiger partial charge in [0.1, 0.15) is 5.78 Å². The first-order valence-corrected chi connectivity index (χ1v) is 8.32. The van der Waals surface area contributed by atoms with Gasteiger partial charge in [-0.3, -0.25) is 4.79 Å². The Labute approximate surface area is 132 Å². The van der Waals surface area contributed by atoms with Gasteiger partial charge < -0.3 is 0 Å². The van der Waals surface area contributed by atoms with Gasteiger partial charge >= 0.3 is 0 Å². The monoisotopic (exact) mass is 324 g/mol. The van der Waals surface area contributed by atoms with Crippen LogP contribution < -0.4 is 0 Å². The van der Waals surface area contributed by atoms with Gasteiger partial charge in [0.15, 0.2) is 0 Å². The summed E-state index contributed by atoms with van der Waals surface area (Å²) in [6.45, 7) is 0. The normalized spacial score (nSPS) is 17.8. The summed E-state index contributed by atoms with van der Waals surface area (Å²) in [5.74, 6) is 0.272. The summed E-state index contributed by atoms with van der Waals surface area (Å²) in [4.78, 5) is 14.0. The van der Waals surface area contributed by atoms with Crippen molar-refractivity contribution in [3.8, 4) is 0 Å². The molecule has 1 nitrogen and oxygen atoms in total. The summed E-state index contributed by atoms with van der Waals surface area (Å²) in [6, 6.07) is 7.56. The van der Waals surface area contributed by atoms with E-state index in [4.69, 9.17) is 23.2 Å². The minimum Gasteiger partial charge on any atom is -0.299 e. The molecule has 1 aliphatic rings. The molecule has 0 radical (unpaired) electrons.